The van der Waals surface area contributed by atoms with Gasteiger partial charge in [0.05, 0.1) is 0 Å². The summed E-state index contributed by atoms with van der Waals surface area (Å²) in [4.78, 5) is 9.64. The molecule has 3 nitrogen and oxygen atoms in total. The predicted molar refractivity (Wildman–Crippen MR) is 36.8 cm³/mol. The van der Waals surface area contributed by atoms with Crippen LogP contribution in [0.3, 0.4) is 0 Å². The summed E-state index contributed by atoms with van der Waals surface area (Å²) in [6.07, 6.45) is 2.97. The molecule has 1 unspecified atom stereocenters. The third-order valence-corrected chi connectivity index (χ3v) is 1.39. The number of rotatable bonds is 4. The fraction of sp³-hybridized carbons (Fsp3) is 0.400. The first-order valence-corrected chi connectivity index (χ1v) is 3.79. The molecule has 0 rings (SSSR count). The number of carbonyl (C=O) groups excluding carboxylic acids is 1. The van der Waals surface area contributed by atoms with Crippen LogP contribution >= 0.6 is 0 Å². The molecule has 0 aliphatic heterocycles. The van der Waals surface area contributed by atoms with Gasteiger partial charge in [-0.25, -0.2) is 4.21 Å². The molecule has 52 valence electrons. The maximum Gasteiger partial charge on any atom is 0.219 e. The van der Waals surface area contributed by atoms with Crippen LogP contribution in [0.15, 0.2) is 11.5 Å². The van der Waals surface area contributed by atoms with E-state index >= 15 is 0 Å². The van der Waals surface area contributed by atoms with Gasteiger partial charge in [-0.2, -0.15) is 0 Å². The normalized spacial score (nSPS) is 13.4. The topological polar surface area (TPSA) is 46.2 Å². The van der Waals surface area contributed by atoms with Crippen molar-refractivity contribution in [1.82, 2.24) is 4.72 Å². The monoisotopic (exact) mass is 147 g/mol. The van der Waals surface area contributed by atoms with Crippen LogP contribution in [0.4, 0.5) is 0 Å². The molecule has 1 atom stereocenters. The van der Waals surface area contributed by atoms with Crippen molar-refractivity contribution in [3.8, 4) is 0 Å². The molecule has 0 fully saturated rings. The zero-order valence-corrected chi connectivity index (χ0v) is 5.98. The lowest BCUT2D eigenvalue weighted by Crippen LogP contribution is -2.11. The molecule has 0 aliphatic rings. The molecular weight excluding hydrogens is 138 g/mol. The molecule has 0 aromatic heterocycles. The van der Waals surface area contributed by atoms with Gasteiger partial charge in [0.2, 0.25) is 6.41 Å². The van der Waals surface area contributed by atoms with Crippen molar-refractivity contribution in [2.45, 2.75) is 13.3 Å². The van der Waals surface area contributed by atoms with Crippen molar-refractivity contribution >= 4 is 17.4 Å². The SMILES string of the molecule is CCC=CS(=O)NC=O. The van der Waals surface area contributed by atoms with Crippen LogP contribution in [0.1, 0.15) is 13.3 Å². The van der Waals surface area contributed by atoms with Gasteiger partial charge in [0.15, 0.2) is 0 Å². The first-order valence-electron chi connectivity index (χ1n) is 2.58. The molecule has 0 aliphatic carbocycles. The summed E-state index contributed by atoms with van der Waals surface area (Å²) >= 11 is 0. The summed E-state index contributed by atoms with van der Waals surface area (Å²) < 4.78 is 12.6. The Bertz CT molecular complexity index is 133. The number of carbonyl (C=O) groups is 1. The molecule has 0 saturated heterocycles. The first-order chi connectivity index (χ1) is 4.31. The molecule has 0 aromatic rings. The van der Waals surface area contributed by atoms with Gasteiger partial charge in [-0.1, -0.05) is 13.0 Å². The zero-order valence-electron chi connectivity index (χ0n) is 5.16. The fourth-order valence-corrected chi connectivity index (χ4v) is 0.811. The summed E-state index contributed by atoms with van der Waals surface area (Å²) in [7, 11) is -1.32. The summed E-state index contributed by atoms with van der Waals surface area (Å²) in [6, 6.07) is 0. The highest BCUT2D eigenvalue weighted by atomic mass is 32.2. The lowest BCUT2D eigenvalue weighted by molar-refractivity contribution is -0.108. The maximum atomic E-state index is 10.5. The first kappa shape index (κ1) is 8.36. The number of amides is 1. The largest absolute Gasteiger partial charge is 0.278 e. The quantitative estimate of drug-likeness (QED) is 0.582. The van der Waals surface area contributed by atoms with Crippen LogP contribution in [-0.4, -0.2) is 10.6 Å². The highest BCUT2D eigenvalue weighted by Crippen LogP contribution is 1.81. The Hall–Kier alpha value is -0.640. The van der Waals surface area contributed by atoms with Crippen molar-refractivity contribution in [2.24, 2.45) is 0 Å². The Morgan fingerprint density at radius 1 is 1.67 bits per heavy atom. The third kappa shape index (κ3) is 5.23. The van der Waals surface area contributed by atoms with Gasteiger partial charge < -0.3 is 0 Å². The second kappa shape index (κ2) is 5.50. The molecule has 0 bridgehead atoms. The highest BCUT2D eigenvalue weighted by molar-refractivity contribution is 7.86. The lowest BCUT2D eigenvalue weighted by atomic mass is 10.5. The van der Waals surface area contributed by atoms with Gasteiger partial charge in [0.1, 0.15) is 11.0 Å². The second-order valence-electron chi connectivity index (χ2n) is 1.31. The third-order valence-electron chi connectivity index (χ3n) is 0.620. The summed E-state index contributed by atoms with van der Waals surface area (Å²) in [5.41, 5.74) is 0. The Labute approximate surface area is 56.7 Å². The Morgan fingerprint density at radius 3 is 2.78 bits per heavy atom. The van der Waals surface area contributed by atoms with Gasteiger partial charge >= 0.3 is 0 Å². The average Bonchev–Trinajstić information content (AvgIpc) is 1.85. The minimum atomic E-state index is -1.32. The van der Waals surface area contributed by atoms with Crippen molar-refractivity contribution < 1.29 is 9.00 Å². The average molecular weight is 147 g/mol. The van der Waals surface area contributed by atoms with E-state index < -0.39 is 11.0 Å². The Morgan fingerprint density at radius 2 is 2.33 bits per heavy atom. The number of hydrogen-bond acceptors (Lipinski definition) is 2. The summed E-state index contributed by atoms with van der Waals surface area (Å²) in [6.45, 7) is 1.93. The molecule has 0 heterocycles. The lowest BCUT2D eigenvalue weighted by Gasteiger charge is -1.86. The van der Waals surface area contributed by atoms with Crippen LogP contribution in [0.5, 0.6) is 0 Å². The molecule has 0 aromatic carbocycles. The van der Waals surface area contributed by atoms with Crippen LogP contribution in [0.25, 0.3) is 0 Å². The van der Waals surface area contributed by atoms with Crippen LogP contribution in [0.2, 0.25) is 0 Å². The minimum Gasteiger partial charge on any atom is -0.278 e. The van der Waals surface area contributed by atoms with Crippen molar-refractivity contribution in [1.29, 1.82) is 0 Å². The van der Waals surface area contributed by atoms with Gasteiger partial charge in [0.25, 0.3) is 0 Å². The van der Waals surface area contributed by atoms with Crippen LogP contribution < -0.4 is 4.72 Å². The van der Waals surface area contributed by atoms with E-state index in [1.54, 1.807) is 6.08 Å². The number of allylic oxidation sites excluding steroid dienone is 1. The van der Waals surface area contributed by atoms with E-state index in [0.717, 1.165) is 6.42 Å². The van der Waals surface area contributed by atoms with Gasteiger partial charge in [-0.15, -0.1) is 0 Å². The van der Waals surface area contributed by atoms with Crippen molar-refractivity contribution in [3.05, 3.63) is 11.5 Å². The summed E-state index contributed by atoms with van der Waals surface area (Å²) in [5, 5.41) is 1.44. The van der Waals surface area contributed by atoms with Crippen molar-refractivity contribution in [3.63, 3.8) is 0 Å². The van der Waals surface area contributed by atoms with Crippen LogP contribution in [-0.2, 0) is 15.8 Å². The van der Waals surface area contributed by atoms with E-state index in [2.05, 4.69) is 4.72 Å². The molecule has 0 radical (unpaired) electrons. The predicted octanol–water partition coefficient (Wildman–Crippen LogP) is 0.320. The number of nitrogens with one attached hydrogen (secondary N) is 1. The summed E-state index contributed by atoms with van der Waals surface area (Å²) in [5.74, 6) is 0. The van der Waals surface area contributed by atoms with E-state index in [-0.39, 0.29) is 0 Å². The highest BCUT2D eigenvalue weighted by Gasteiger charge is 1.84. The molecular formula is C5H9NO2S. The maximum absolute atomic E-state index is 10.5. The van der Waals surface area contributed by atoms with Gasteiger partial charge in [-0.05, 0) is 6.42 Å². The zero-order chi connectivity index (χ0) is 7.11. The smallest absolute Gasteiger partial charge is 0.219 e. The Balaban J connectivity index is 3.49. The standard InChI is InChI=1S/C5H9NO2S/c1-2-3-4-9(8)6-5-7/h3-5H,2H2,1H3,(H,6,7). The minimum absolute atomic E-state index is 0.413. The molecule has 1 amide bonds. The van der Waals surface area contributed by atoms with Gasteiger partial charge in [-0.3, -0.25) is 9.52 Å². The van der Waals surface area contributed by atoms with Gasteiger partial charge in [0, 0.05) is 5.41 Å². The molecule has 0 spiro atoms. The van der Waals surface area contributed by atoms with Crippen LogP contribution in [0, 0.1) is 0 Å². The second-order valence-corrected chi connectivity index (χ2v) is 2.42. The van der Waals surface area contributed by atoms with E-state index in [0.29, 0.717) is 6.41 Å². The van der Waals surface area contributed by atoms with E-state index in [1.807, 2.05) is 6.92 Å². The van der Waals surface area contributed by atoms with E-state index in [1.165, 1.54) is 5.41 Å². The van der Waals surface area contributed by atoms with E-state index in [9.17, 15) is 9.00 Å². The molecule has 1 N–H and O–H groups in total. The van der Waals surface area contributed by atoms with E-state index in [4.69, 9.17) is 0 Å². The Kier molecular flexibility index (Phi) is 5.11. The molecule has 0 saturated carbocycles. The molecule has 4 heteroatoms. The van der Waals surface area contributed by atoms with Crippen molar-refractivity contribution in [2.75, 3.05) is 0 Å². The fourth-order valence-electron chi connectivity index (χ4n) is 0.270. The molecule has 9 heavy (non-hydrogen) atoms. The number of hydrogen-bond donors (Lipinski definition) is 1.